The second-order valence-electron chi connectivity index (χ2n) is 9.20. The second-order valence-corrected chi connectivity index (χ2v) is 9.20. The smallest absolute Gasteiger partial charge is 0.115 e. The third kappa shape index (κ3) is 2.18. The lowest BCUT2D eigenvalue weighted by molar-refractivity contribution is -0.107. The first-order chi connectivity index (χ1) is 11.4. The van der Waals surface area contributed by atoms with Crippen molar-refractivity contribution in [2.45, 2.75) is 77.2 Å². The van der Waals surface area contributed by atoms with E-state index in [1.807, 2.05) is 12.1 Å². The van der Waals surface area contributed by atoms with E-state index < -0.39 is 5.60 Å². The van der Waals surface area contributed by atoms with Gasteiger partial charge in [0.15, 0.2) is 0 Å². The Morgan fingerprint density at radius 2 is 2.00 bits per heavy atom. The van der Waals surface area contributed by atoms with Gasteiger partial charge >= 0.3 is 0 Å². The largest absolute Gasteiger partial charge is 0.508 e. The monoisotopic (exact) mass is 328 g/mol. The first-order valence-corrected chi connectivity index (χ1v) is 9.91. The molecule has 0 saturated heterocycles. The average molecular weight is 328 g/mol. The van der Waals surface area contributed by atoms with Crippen molar-refractivity contribution < 1.29 is 10.2 Å². The highest BCUT2D eigenvalue weighted by molar-refractivity contribution is 5.40. The van der Waals surface area contributed by atoms with Gasteiger partial charge in [0.05, 0.1) is 5.60 Å². The molecule has 6 atom stereocenters. The number of hydrogen-bond acceptors (Lipinski definition) is 2. The molecule has 0 spiro atoms. The van der Waals surface area contributed by atoms with Crippen molar-refractivity contribution in [2.75, 3.05) is 0 Å². The predicted molar refractivity (Wildman–Crippen MR) is 97.1 cm³/mol. The maximum Gasteiger partial charge on any atom is 0.115 e. The third-order valence-corrected chi connectivity index (χ3v) is 8.06. The third-order valence-electron chi connectivity index (χ3n) is 8.06. The molecule has 0 amide bonds. The van der Waals surface area contributed by atoms with Crippen molar-refractivity contribution in [1.29, 1.82) is 0 Å². The molecule has 0 aromatic heterocycles. The first-order valence-electron chi connectivity index (χ1n) is 9.91. The standard InChI is InChI=1S/C22H32O2/c1-4-5-15-13-21(2)19(10-11-22(21,3)24)18-8-6-14-12-16(23)7-9-17(14)20(15)18/h7,9,12,15,18-20,23-24H,4-6,8,10-11,13H2,1-3H3/t15-,18-,19-,20+,21-,22-/m0/s1. The van der Waals surface area contributed by atoms with Gasteiger partial charge in [0.25, 0.3) is 0 Å². The molecule has 2 fully saturated rings. The summed E-state index contributed by atoms with van der Waals surface area (Å²) in [6, 6.07) is 6.07. The Bertz CT molecular complexity index is 635. The number of aliphatic hydroxyl groups is 1. The highest BCUT2D eigenvalue weighted by Crippen LogP contribution is 2.66. The molecule has 2 saturated carbocycles. The lowest BCUT2D eigenvalue weighted by atomic mass is 9.49. The second kappa shape index (κ2) is 5.49. The lowest BCUT2D eigenvalue weighted by Gasteiger charge is -2.56. The normalized spacial score (nSPS) is 43.8. The maximum absolute atomic E-state index is 11.1. The summed E-state index contributed by atoms with van der Waals surface area (Å²) in [6.07, 6.45) is 8.05. The summed E-state index contributed by atoms with van der Waals surface area (Å²) < 4.78 is 0. The van der Waals surface area contributed by atoms with E-state index in [-0.39, 0.29) is 5.41 Å². The SMILES string of the molecule is CCC[C@H]1C[C@@]2(C)[C@@H](CC[C@]2(C)O)[C@@H]2CCc3cc(O)ccc3[C@@H]12. The van der Waals surface area contributed by atoms with Crippen molar-refractivity contribution in [3.05, 3.63) is 29.3 Å². The van der Waals surface area contributed by atoms with E-state index >= 15 is 0 Å². The molecule has 3 aliphatic rings. The minimum absolute atomic E-state index is 0.0719. The van der Waals surface area contributed by atoms with Gasteiger partial charge in [-0.25, -0.2) is 0 Å². The number of rotatable bonds is 2. The van der Waals surface area contributed by atoms with Crippen LogP contribution in [0, 0.1) is 23.2 Å². The van der Waals surface area contributed by atoms with Crippen LogP contribution >= 0.6 is 0 Å². The highest BCUT2D eigenvalue weighted by Gasteiger charge is 2.61. The average Bonchev–Trinajstić information content (AvgIpc) is 2.77. The molecule has 1 aromatic carbocycles. The van der Waals surface area contributed by atoms with Gasteiger partial charge < -0.3 is 10.2 Å². The number of aromatic hydroxyl groups is 1. The number of phenols is 1. The number of hydrogen-bond donors (Lipinski definition) is 2. The summed E-state index contributed by atoms with van der Waals surface area (Å²) in [5.74, 6) is 3.04. The Hall–Kier alpha value is -1.02. The van der Waals surface area contributed by atoms with Crippen molar-refractivity contribution >= 4 is 0 Å². The van der Waals surface area contributed by atoms with E-state index in [0.717, 1.165) is 19.3 Å². The highest BCUT2D eigenvalue weighted by atomic mass is 16.3. The zero-order valence-electron chi connectivity index (χ0n) is 15.4. The number of phenolic OH excluding ortho intramolecular Hbond substituents is 1. The van der Waals surface area contributed by atoms with Gasteiger partial charge in [-0.1, -0.05) is 32.8 Å². The predicted octanol–water partition coefficient (Wildman–Crippen LogP) is 5.03. The topological polar surface area (TPSA) is 40.5 Å². The number of aryl methyl sites for hydroxylation is 1. The van der Waals surface area contributed by atoms with Crippen LogP contribution in [0.5, 0.6) is 5.75 Å². The van der Waals surface area contributed by atoms with Gasteiger partial charge in [-0.05, 0) is 91.4 Å². The molecule has 3 aliphatic carbocycles. The van der Waals surface area contributed by atoms with Crippen LogP contribution in [0.4, 0.5) is 0 Å². The molecule has 2 N–H and O–H groups in total. The summed E-state index contributed by atoms with van der Waals surface area (Å²) in [7, 11) is 0. The molecule has 0 radical (unpaired) electrons. The van der Waals surface area contributed by atoms with Gasteiger partial charge in [-0.15, -0.1) is 0 Å². The Labute approximate surface area is 146 Å². The summed E-state index contributed by atoms with van der Waals surface area (Å²) in [5.41, 5.74) is 2.42. The quantitative estimate of drug-likeness (QED) is 0.800. The van der Waals surface area contributed by atoms with Gasteiger partial charge in [-0.3, -0.25) is 0 Å². The van der Waals surface area contributed by atoms with Gasteiger partial charge in [0.2, 0.25) is 0 Å². The van der Waals surface area contributed by atoms with E-state index in [4.69, 9.17) is 0 Å². The van der Waals surface area contributed by atoms with Crippen LogP contribution in [0.3, 0.4) is 0 Å². The lowest BCUT2D eigenvalue weighted by Crippen LogP contribution is -2.52. The van der Waals surface area contributed by atoms with Crippen LogP contribution in [0.25, 0.3) is 0 Å². The van der Waals surface area contributed by atoms with Crippen molar-refractivity contribution in [3.63, 3.8) is 0 Å². The first kappa shape index (κ1) is 16.4. The summed E-state index contributed by atoms with van der Waals surface area (Å²) in [5, 5.41) is 21.0. The molecule has 1 aromatic rings. The molecule has 132 valence electrons. The maximum atomic E-state index is 11.1. The molecule has 0 unspecified atom stereocenters. The van der Waals surface area contributed by atoms with E-state index in [2.05, 4.69) is 26.8 Å². The Kier molecular flexibility index (Phi) is 3.76. The molecule has 0 bridgehead atoms. The van der Waals surface area contributed by atoms with Crippen molar-refractivity contribution in [2.24, 2.45) is 23.2 Å². The molecule has 0 heterocycles. The fraction of sp³-hybridized carbons (Fsp3) is 0.727. The molecule has 4 rings (SSSR count). The molecule has 24 heavy (non-hydrogen) atoms. The summed E-state index contributed by atoms with van der Waals surface area (Å²) in [4.78, 5) is 0. The van der Waals surface area contributed by atoms with E-state index in [9.17, 15) is 10.2 Å². The zero-order chi connectivity index (χ0) is 17.1. The Morgan fingerprint density at radius 1 is 1.21 bits per heavy atom. The molecule has 0 aliphatic heterocycles. The zero-order valence-corrected chi connectivity index (χ0v) is 15.4. The van der Waals surface area contributed by atoms with Crippen LogP contribution in [-0.4, -0.2) is 15.8 Å². The van der Waals surface area contributed by atoms with E-state index in [0.29, 0.717) is 29.4 Å². The van der Waals surface area contributed by atoms with Gasteiger partial charge in [-0.2, -0.15) is 0 Å². The van der Waals surface area contributed by atoms with Crippen LogP contribution in [-0.2, 0) is 6.42 Å². The van der Waals surface area contributed by atoms with Crippen molar-refractivity contribution in [3.8, 4) is 5.75 Å². The molecule has 2 nitrogen and oxygen atoms in total. The van der Waals surface area contributed by atoms with E-state index in [1.165, 1.54) is 36.8 Å². The minimum Gasteiger partial charge on any atom is -0.508 e. The number of fused-ring (bicyclic) bond motifs is 5. The van der Waals surface area contributed by atoms with Gasteiger partial charge in [0.1, 0.15) is 5.75 Å². The van der Waals surface area contributed by atoms with Crippen LogP contribution in [0.1, 0.15) is 76.3 Å². The Morgan fingerprint density at radius 3 is 2.75 bits per heavy atom. The fourth-order valence-electron chi connectivity index (χ4n) is 6.74. The molecular weight excluding hydrogens is 296 g/mol. The minimum atomic E-state index is -0.510. The van der Waals surface area contributed by atoms with Crippen molar-refractivity contribution in [1.82, 2.24) is 0 Å². The molecule has 2 heteroatoms. The van der Waals surface area contributed by atoms with Crippen LogP contribution in [0.2, 0.25) is 0 Å². The number of benzene rings is 1. The summed E-state index contributed by atoms with van der Waals surface area (Å²) in [6.45, 7) is 6.75. The van der Waals surface area contributed by atoms with Crippen LogP contribution in [0.15, 0.2) is 18.2 Å². The summed E-state index contributed by atoms with van der Waals surface area (Å²) >= 11 is 0. The Balaban J connectivity index is 1.78. The van der Waals surface area contributed by atoms with E-state index in [1.54, 1.807) is 0 Å². The van der Waals surface area contributed by atoms with Crippen LogP contribution < -0.4 is 0 Å². The fourth-order valence-corrected chi connectivity index (χ4v) is 6.74. The molecular formula is C22H32O2. The van der Waals surface area contributed by atoms with Gasteiger partial charge in [0, 0.05) is 0 Å².